The summed E-state index contributed by atoms with van der Waals surface area (Å²) in [5, 5.41) is 0.0241. The van der Waals surface area contributed by atoms with Crippen molar-refractivity contribution in [2.24, 2.45) is 0 Å². The molecule has 0 aliphatic heterocycles. The number of methoxy groups -OCH3 is 1. The van der Waals surface area contributed by atoms with Crippen molar-refractivity contribution in [2.75, 3.05) is 13.7 Å². The molecule has 0 aliphatic rings. The molecule has 182 valence electrons. The van der Waals surface area contributed by atoms with E-state index in [-0.39, 0.29) is 30.1 Å². The molecule has 0 saturated carbocycles. The summed E-state index contributed by atoms with van der Waals surface area (Å²) in [6.07, 6.45) is -0.347. The molecule has 0 heterocycles. The number of amides is 1. The quantitative estimate of drug-likeness (QED) is 0.238. The highest BCUT2D eigenvalue weighted by molar-refractivity contribution is 9.10. The van der Waals surface area contributed by atoms with E-state index in [9.17, 15) is 9.59 Å². The lowest BCUT2D eigenvalue weighted by Gasteiger charge is -2.39. The maximum absolute atomic E-state index is 13.4. The van der Waals surface area contributed by atoms with E-state index in [4.69, 9.17) is 13.9 Å². The van der Waals surface area contributed by atoms with Crippen LogP contribution in [0.5, 0.6) is 5.75 Å². The first-order valence-corrected chi connectivity index (χ1v) is 14.7. The molecular formula is C24H40BrNO5Si. The van der Waals surface area contributed by atoms with Crippen LogP contribution in [-0.4, -0.2) is 55.3 Å². The highest BCUT2D eigenvalue weighted by Crippen LogP contribution is 2.38. The minimum Gasteiger partial charge on any atom is -0.497 e. The summed E-state index contributed by atoms with van der Waals surface area (Å²) in [5.41, 5.74) is 0.263. The Hall–Kier alpha value is -1.38. The van der Waals surface area contributed by atoms with E-state index in [0.29, 0.717) is 0 Å². The van der Waals surface area contributed by atoms with Gasteiger partial charge in [0.05, 0.1) is 13.2 Å². The van der Waals surface area contributed by atoms with Crippen molar-refractivity contribution in [3.05, 3.63) is 29.8 Å². The second-order valence-electron chi connectivity index (χ2n) is 10.6. The largest absolute Gasteiger partial charge is 0.497 e. The molecule has 1 rings (SSSR count). The third kappa shape index (κ3) is 8.87. The molecule has 1 amide bonds. The van der Waals surface area contributed by atoms with Crippen LogP contribution >= 0.6 is 15.9 Å². The van der Waals surface area contributed by atoms with Crippen molar-refractivity contribution in [1.29, 1.82) is 0 Å². The highest BCUT2D eigenvalue weighted by Gasteiger charge is 2.41. The summed E-state index contributed by atoms with van der Waals surface area (Å²) in [6.45, 7) is 18.3. The molecule has 2 atom stereocenters. The number of carbonyl (C=O) groups excluding carboxylic acids is 2. The molecule has 8 heteroatoms. The molecule has 1 aromatic rings. The van der Waals surface area contributed by atoms with E-state index in [0.717, 1.165) is 11.3 Å². The molecule has 1 aromatic carbocycles. The van der Waals surface area contributed by atoms with E-state index in [1.165, 1.54) is 4.90 Å². The molecule has 0 radical (unpaired) electrons. The standard InChI is InChI=1S/C24H40BrNO5Si/c1-17(31-32(9,10)24(5,6)7)21(25)22(28)26(16-20(27)30-23(2,3)4)15-18-11-13-19(29-8)14-12-18/h11-14,17,21H,15-16H2,1-10H3/t17-,21+/m1/s1. The molecule has 6 nitrogen and oxygen atoms in total. The number of ether oxygens (including phenoxy) is 2. The van der Waals surface area contributed by atoms with Crippen molar-refractivity contribution in [2.45, 2.75) is 89.7 Å². The van der Waals surface area contributed by atoms with E-state index in [1.54, 1.807) is 7.11 Å². The van der Waals surface area contributed by atoms with E-state index >= 15 is 0 Å². The van der Waals surface area contributed by atoms with Gasteiger partial charge in [0, 0.05) is 6.54 Å². The zero-order valence-electron chi connectivity index (χ0n) is 21.2. The predicted molar refractivity (Wildman–Crippen MR) is 135 cm³/mol. The van der Waals surface area contributed by atoms with Crippen LogP contribution in [0.15, 0.2) is 24.3 Å². The first-order chi connectivity index (χ1) is 14.5. The number of halogens is 1. The zero-order valence-corrected chi connectivity index (χ0v) is 23.8. The Morgan fingerprint density at radius 3 is 2.03 bits per heavy atom. The molecule has 0 bridgehead atoms. The summed E-state index contributed by atoms with van der Waals surface area (Å²) in [4.78, 5) is 26.9. The van der Waals surface area contributed by atoms with Gasteiger partial charge in [0.2, 0.25) is 5.91 Å². The molecule has 0 spiro atoms. The van der Waals surface area contributed by atoms with Crippen molar-refractivity contribution >= 4 is 36.1 Å². The summed E-state index contributed by atoms with van der Waals surface area (Å²) >= 11 is 3.55. The van der Waals surface area contributed by atoms with Gasteiger partial charge in [-0.05, 0) is 63.5 Å². The van der Waals surface area contributed by atoms with Crippen LogP contribution in [-0.2, 0) is 25.3 Å². The topological polar surface area (TPSA) is 65.1 Å². The smallest absolute Gasteiger partial charge is 0.326 e. The van der Waals surface area contributed by atoms with Crippen molar-refractivity contribution in [1.82, 2.24) is 4.90 Å². The maximum atomic E-state index is 13.4. The van der Waals surface area contributed by atoms with Crippen LogP contribution in [0, 0.1) is 0 Å². The number of carbonyl (C=O) groups is 2. The Bertz CT molecular complexity index is 768. The fraction of sp³-hybridized carbons (Fsp3) is 0.667. The number of rotatable bonds is 9. The average molecular weight is 531 g/mol. The Morgan fingerprint density at radius 2 is 1.59 bits per heavy atom. The van der Waals surface area contributed by atoms with Gasteiger partial charge in [-0.2, -0.15) is 0 Å². The van der Waals surface area contributed by atoms with Crippen LogP contribution in [0.4, 0.5) is 0 Å². The van der Waals surface area contributed by atoms with Crippen LogP contribution < -0.4 is 4.74 Å². The van der Waals surface area contributed by atoms with Gasteiger partial charge in [-0.1, -0.05) is 48.8 Å². The van der Waals surface area contributed by atoms with Gasteiger partial charge in [0.15, 0.2) is 8.32 Å². The average Bonchev–Trinajstić information content (AvgIpc) is 2.64. The highest BCUT2D eigenvalue weighted by atomic mass is 79.9. The van der Waals surface area contributed by atoms with E-state index < -0.39 is 24.7 Å². The van der Waals surface area contributed by atoms with Gasteiger partial charge in [-0.3, -0.25) is 9.59 Å². The third-order valence-electron chi connectivity index (χ3n) is 5.52. The zero-order chi connectivity index (χ0) is 24.9. The van der Waals surface area contributed by atoms with Gasteiger partial charge in [0.25, 0.3) is 0 Å². The lowest BCUT2D eigenvalue weighted by atomic mass is 10.1. The Balaban J connectivity index is 3.06. The van der Waals surface area contributed by atoms with Gasteiger partial charge < -0.3 is 18.8 Å². The van der Waals surface area contributed by atoms with Gasteiger partial charge in [-0.25, -0.2) is 0 Å². The van der Waals surface area contributed by atoms with Crippen molar-refractivity contribution in [3.63, 3.8) is 0 Å². The van der Waals surface area contributed by atoms with Crippen LogP contribution in [0.2, 0.25) is 18.1 Å². The number of esters is 1. The fourth-order valence-corrected chi connectivity index (χ4v) is 4.78. The van der Waals surface area contributed by atoms with Gasteiger partial charge in [0.1, 0.15) is 22.7 Å². The minimum absolute atomic E-state index is 0.0241. The van der Waals surface area contributed by atoms with Crippen LogP contribution in [0.1, 0.15) is 54.0 Å². The lowest BCUT2D eigenvalue weighted by Crippen LogP contribution is -2.49. The van der Waals surface area contributed by atoms with Crippen molar-refractivity contribution < 1.29 is 23.5 Å². The molecule has 0 N–H and O–H groups in total. The number of hydrogen-bond acceptors (Lipinski definition) is 5. The minimum atomic E-state index is -2.07. The molecule has 0 unspecified atom stereocenters. The van der Waals surface area contributed by atoms with Gasteiger partial charge >= 0.3 is 5.97 Å². The fourth-order valence-electron chi connectivity index (χ4n) is 2.77. The number of nitrogens with zero attached hydrogens (tertiary/aromatic N) is 1. The first-order valence-electron chi connectivity index (χ1n) is 10.9. The normalized spacial score (nSPS) is 14.5. The number of benzene rings is 1. The Labute approximate surface area is 203 Å². The second kappa shape index (κ2) is 11.2. The van der Waals surface area contributed by atoms with Crippen LogP contribution in [0.25, 0.3) is 0 Å². The first kappa shape index (κ1) is 28.6. The summed E-state index contributed by atoms with van der Waals surface area (Å²) in [6, 6.07) is 7.43. The molecule has 0 aromatic heterocycles. The monoisotopic (exact) mass is 529 g/mol. The summed E-state index contributed by atoms with van der Waals surface area (Å²) in [5.74, 6) is 0.0726. The molecule has 32 heavy (non-hydrogen) atoms. The maximum Gasteiger partial charge on any atom is 0.326 e. The SMILES string of the molecule is COc1ccc(CN(CC(=O)OC(C)(C)C)C(=O)[C@@H](Br)[C@@H](C)O[Si](C)(C)C(C)(C)C)cc1. The number of hydrogen-bond donors (Lipinski definition) is 0. The molecular weight excluding hydrogens is 490 g/mol. The van der Waals surface area contributed by atoms with Gasteiger partial charge in [-0.15, -0.1) is 0 Å². The van der Waals surface area contributed by atoms with Crippen LogP contribution in [0.3, 0.4) is 0 Å². The molecule has 0 fully saturated rings. The molecule has 0 aliphatic carbocycles. The summed E-state index contributed by atoms with van der Waals surface area (Å²) < 4.78 is 17.1. The molecule has 0 saturated heterocycles. The second-order valence-corrected chi connectivity index (χ2v) is 16.4. The Kier molecular flexibility index (Phi) is 9.99. The van der Waals surface area contributed by atoms with E-state index in [2.05, 4.69) is 49.8 Å². The number of alkyl halides is 1. The lowest BCUT2D eigenvalue weighted by molar-refractivity contribution is -0.159. The van der Waals surface area contributed by atoms with Crippen molar-refractivity contribution in [3.8, 4) is 5.75 Å². The Morgan fingerprint density at radius 1 is 1.06 bits per heavy atom. The summed E-state index contributed by atoms with van der Waals surface area (Å²) in [7, 11) is -0.462. The predicted octanol–water partition coefficient (Wildman–Crippen LogP) is 5.54. The van der Waals surface area contributed by atoms with E-state index in [1.807, 2.05) is 52.0 Å². The third-order valence-corrected chi connectivity index (χ3v) is 11.2.